The Hall–Kier alpha value is -2.39. The van der Waals surface area contributed by atoms with Crippen LogP contribution in [0.15, 0.2) is 48.1 Å². The Labute approximate surface area is 129 Å². The summed E-state index contributed by atoms with van der Waals surface area (Å²) in [4.78, 5) is 12.0. The minimum atomic E-state index is -3.06. The van der Waals surface area contributed by atoms with E-state index in [9.17, 15) is 13.2 Å². The van der Waals surface area contributed by atoms with E-state index in [0.29, 0.717) is 6.42 Å². The van der Waals surface area contributed by atoms with Crippen LogP contribution in [-0.4, -0.2) is 31.9 Å². The predicted molar refractivity (Wildman–Crippen MR) is 84.4 cm³/mol. The van der Waals surface area contributed by atoms with Crippen LogP contribution in [0.3, 0.4) is 0 Å². The van der Waals surface area contributed by atoms with Gasteiger partial charge in [0.25, 0.3) is 5.91 Å². The molecule has 114 valence electrons. The number of hydrogen-bond donors (Lipinski definition) is 1. The van der Waals surface area contributed by atoms with Crippen molar-refractivity contribution in [3.8, 4) is 6.07 Å². The summed E-state index contributed by atoms with van der Waals surface area (Å²) in [6, 6.07) is 10.9. The van der Waals surface area contributed by atoms with Crippen LogP contribution in [0.1, 0.15) is 12.0 Å². The van der Waals surface area contributed by atoms with Gasteiger partial charge in [-0.3, -0.25) is 4.79 Å². The van der Waals surface area contributed by atoms with Crippen LogP contribution in [0.25, 0.3) is 6.08 Å². The van der Waals surface area contributed by atoms with Gasteiger partial charge in [0.1, 0.15) is 11.6 Å². The third kappa shape index (κ3) is 4.57. The summed E-state index contributed by atoms with van der Waals surface area (Å²) in [7, 11) is -3.06. The predicted octanol–water partition coefficient (Wildman–Crippen LogP) is 1.45. The quantitative estimate of drug-likeness (QED) is 0.517. The fraction of sp³-hybridized carbons (Fsp3) is 0.250. The van der Waals surface area contributed by atoms with Gasteiger partial charge in [-0.1, -0.05) is 42.5 Å². The Bertz CT molecular complexity index is 743. The standard InChI is InChI=1S/C16H16N2O3S/c17-11-14(8-4-7-13-5-2-1-3-6-13)16(19)18-15-9-10-22(20,21)12-15/h1-8,15H,9-10,12H2,(H,18,19)/b7-4+,14-8-. The fourth-order valence-corrected chi connectivity index (χ4v) is 3.83. The molecule has 6 heteroatoms. The summed E-state index contributed by atoms with van der Waals surface area (Å²) in [5, 5.41) is 11.6. The minimum absolute atomic E-state index is 0.0449. The highest BCUT2D eigenvalue weighted by Gasteiger charge is 2.29. The van der Waals surface area contributed by atoms with Crippen LogP contribution in [0.5, 0.6) is 0 Å². The molecule has 1 amide bonds. The lowest BCUT2D eigenvalue weighted by atomic mass is 10.1. The Morgan fingerprint density at radius 1 is 1.32 bits per heavy atom. The molecule has 1 fully saturated rings. The zero-order valence-corrected chi connectivity index (χ0v) is 12.7. The number of allylic oxidation sites excluding steroid dienone is 2. The summed E-state index contributed by atoms with van der Waals surface area (Å²) >= 11 is 0. The molecule has 1 N–H and O–H groups in total. The van der Waals surface area contributed by atoms with E-state index in [4.69, 9.17) is 5.26 Å². The first-order valence-electron chi connectivity index (χ1n) is 6.85. The van der Waals surface area contributed by atoms with Gasteiger partial charge in [0.2, 0.25) is 0 Å². The van der Waals surface area contributed by atoms with Crippen molar-refractivity contribution in [1.82, 2.24) is 5.32 Å². The lowest BCUT2D eigenvalue weighted by molar-refractivity contribution is -0.117. The molecule has 0 bridgehead atoms. The number of amides is 1. The molecule has 0 aliphatic carbocycles. The summed E-state index contributed by atoms with van der Waals surface area (Å²) in [6.45, 7) is 0. The van der Waals surface area contributed by atoms with Gasteiger partial charge < -0.3 is 5.32 Å². The molecule has 1 heterocycles. The number of nitrogens with zero attached hydrogens (tertiary/aromatic N) is 1. The zero-order chi connectivity index (χ0) is 16.0. The van der Waals surface area contributed by atoms with Gasteiger partial charge in [0.15, 0.2) is 9.84 Å². The van der Waals surface area contributed by atoms with Crippen LogP contribution in [0, 0.1) is 11.3 Å². The third-order valence-corrected chi connectivity index (χ3v) is 5.05. The van der Waals surface area contributed by atoms with Crippen molar-refractivity contribution in [2.45, 2.75) is 12.5 Å². The number of carbonyl (C=O) groups excluding carboxylic acids is 1. The number of benzene rings is 1. The van der Waals surface area contributed by atoms with E-state index < -0.39 is 21.8 Å². The smallest absolute Gasteiger partial charge is 0.262 e. The van der Waals surface area contributed by atoms with Gasteiger partial charge in [-0.2, -0.15) is 5.26 Å². The van der Waals surface area contributed by atoms with Crippen molar-refractivity contribution in [3.63, 3.8) is 0 Å². The van der Waals surface area contributed by atoms with Gasteiger partial charge in [0.05, 0.1) is 11.5 Å². The van der Waals surface area contributed by atoms with E-state index in [1.165, 1.54) is 6.08 Å². The fourth-order valence-electron chi connectivity index (χ4n) is 2.16. The number of nitriles is 1. The normalized spacial score (nSPS) is 20.7. The molecule has 5 nitrogen and oxygen atoms in total. The van der Waals surface area contributed by atoms with E-state index in [0.717, 1.165) is 5.56 Å². The second-order valence-electron chi connectivity index (χ2n) is 5.04. The maximum absolute atomic E-state index is 12.0. The molecular formula is C16H16N2O3S. The highest BCUT2D eigenvalue weighted by molar-refractivity contribution is 7.91. The molecule has 1 saturated heterocycles. The molecule has 0 aromatic heterocycles. The van der Waals surface area contributed by atoms with Gasteiger partial charge in [-0.25, -0.2) is 8.42 Å². The number of sulfone groups is 1. The number of hydrogen-bond acceptors (Lipinski definition) is 4. The van der Waals surface area contributed by atoms with Gasteiger partial charge in [-0.15, -0.1) is 0 Å². The SMILES string of the molecule is N#C/C(=C/C=C/c1ccccc1)C(=O)NC1CCS(=O)(=O)C1. The first kappa shape index (κ1) is 16.0. The lowest BCUT2D eigenvalue weighted by Crippen LogP contribution is -2.36. The monoisotopic (exact) mass is 316 g/mol. The van der Waals surface area contributed by atoms with Crippen molar-refractivity contribution in [2.24, 2.45) is 0 Å². The second kappa shape index (κ2) is 7.05. The molecule has 0 radical (unpaired) electrons. The molecule has 0 saturated carbocycles. The molecule has 1 aromatic carbocycles. The third-order valence-electron chi connectivity index (χ3n) is 3.28. The maximum atomic E-state index is 12.0. The van der Waals surface area contributed by atoms with Crippen molar-refractivity contribution >= 4 is 21.8 Å². The topological polar surface area (TPSA) is 87.0 Å². The second-order valence-corrected chi connectivity index (χ2v) is 7.26. The van der Waals surface area contributed by atoms with Gasteiger partial charge >= 0.3 is 0 Å². The lowest BCUT2D eigenvalue weighted by Gasteiger charge is -2.09. The number of nitrogens with one attached hydrogen (secondary N) is 1. The average molecular weight is 316 g/mol. The molecule has 2 rings (SSSR count). The first-order valence-corrected chi connectivity index (χ1v) is 8.67. The van der Waals surface area contributed by atoms with Crippen molar-refractivity contribution < 1.29 is 13.2 Å². The van der Waals surface area contributed by atoms with Crippen LogP contribution in [0.2, 0.25) is 0 Å². The Kier molecular flexibility index (Phi) is 5.12. The summed E-state index contributed by atoms with van der Waals surface area (Å²) < 4.78 is 22.7. The van der Waals surface area contributed by atoms with Gasteiger partial charge in [0, 0.05) is 6.04 Å². The largest absolute Gasteiger partial charge is 0.348 e. The van der Waals surface area contributed by atoms with E-state index in [1.807, 2.05) is 36.4 Å². The van der Waals surface area contributed by atoms with Crippen molar-refractivity contribution in [3.05, 3.63) is 53.6 Å². The average Bonchev–Trinajstić information content (AvgIpc) is 2.83. The highest BCUT2D eigenvalue weighted by Crippen LogP contribution is 2.12. The zero-order valence-electron chi connectivity index (χ0n) is 11.9. The van der Waals surface area contributed by atoms with E-state index in [2.05, 4.69) is 5.32 Å². The minimum Gasteiger partial charge on any atom is -0.348 e. The number of rotatable bonds is 4. The van der Waals surface area contributed by atoms with E-state index in [1.54, 1.807) is 12.2 Å². The summed E-state index contributed by atoms with van der Waals surface area (Å²) in [5.74, 6) is -0.517. The maximum Gasteiger partial charge on any atom is 0.262 e. The molecule has 1 unspecified atom stereocenters. The van der Waals surface area contributed by atoms with Crippen molar-refractivity contribution in [2.75, 3.05) is 11.5 Å². The van der Waals surface area contributed by atoms with Crippen LogP contribution >= 0.6 is 0 Å². The van der Waals surface area contributed by atoms with Crippen LogP contribution in [-0.2, 0) is 14.6 Å². The molecule has 22 heavy (non-hydrogen) atoms. The van der Waals surface area contributed by atoms with Gasteiger partial charge in [-0.05, 0) is 18.1 Å². The molecule has 1 aliphatic rings. The Morgan fingerprint density at radius 2 is 2.05 bits per heavy atom. The Morgan fingerprint density at radius 3 is 2.64 bits per heavy atom. The Balaban J connectivity index is 1.99. The molecular weight excluding hydrogens is 300 g/mol. The summed E-state index contributed by atoms with van der Waals surface area (Å²) in [5.41, 5.74) is 0.912. The summed E-state index contributed by atoms with van der Waals surface area (Å²) in [6.07, 6.45) is 5.22. The molecule has 1 aromatic rings. The van der Waals surface area contributed by atoms with Crippen LogP contribution in [0.4, 0.5) is 0 Å². The first-order chi connectivity index (χ1) is 10.5. The molecule has 1 atom stereocenters. The van der Waals surface area contributed by atoms with E-state index >= 15 is 0 Å². The number of carbonyl (C=O) groups is 1. The highest BCUT2D eigenvalue weighted by atomic mass is 32.2. The molecule has 1 aliphatic heterocycles. The van der Waals surface area contributed by atoms with E-state index in [-0.39, 0.29) is 17.1 Å². The van der Waals surface area contributed by atoms with Crippen molar-refractivity contribution in [1.29, 1.82) is 5.26 Å². The van der Waals surface area contributed by atoms with Crippen LogP contribution < -0.4 is 5.32 Å². The molecule has 0 spiro atoms.